The number of hydrogen-bond acceptors (Lipinski definition) is 3. The van der Waals surface area contributed by atoms with Crippen molar-refractivity contribution in [1.82, 2.24) is 4.72 Å². The molecule has 0 saturated heterocycles. The minimum absolute atomic E-state index is 0.0241. The summed E-state index contributed by atoms with van der Waals surface area (Å²) >= 11 is 0. The lowest BCUT2D eigenvalue weighted by Crippen LogP contribution is -2.26. The molecular formula is C15H19NO3S. The van der Waals surface area contributed by atoms with Crippen LogP contribution in [-0.4, -0.2) is 14.5 Å². The number of hydrogen-bond donors (Lipinski definition) is 1. The minimum Gasteiger partial charge on any atom is -0.471 e. The van der Waals surface area contributed by atoms with E-state index in [0.717, 1.165) is 5.56 Å². The summed E-state index contributed by atoms with van der Waals surface area (Å²) in [6.45, 7) is 10.8. The van der Waals surface area contributed by atoms with Crippen molar-refractivity contribution in [1.29, 1.82) is 0 Å². The zero-order valence-electron chi connectivity index (χ0n) is 11.7. The molecule has 0 bridgehead atoms. The first-order valence-electron chi connectivity index (χ1n) is 6.20. The maximum absolute atomic E-state index is 12.1. The summed E-state index contributed by atoms with van der Waals surface area (Å²) in [5.41, 5.74) is 3.59. The van der Waals surface area contributed by atoms with Crippen molar-refractivity contribution in [2.45, 2.75) is 31.3 Å². The highest BCUT2D eigenvalue weighted by molar-refractivity contribution is 7.89. The Labute approximate surface area is 120 Å². The van der Waals surface area contributed by atoms with Crippen molar-refractivity contribution in [2.24, 2.45) is 0 Å². The van der Waals surface area contributed by atoms with Crippen molar-refractivity contribution in [2.75, 3.05) is 0 Å². The minimum atomic E-state index is -3.67. The van der Waals surface area contributed by atoms with E-state index in [1.807, 2.05) is 13.8 Å². The van der Waals surface area contributed by atoms with Crippen molar-refractivity contribution in [3.8, 4) is 0 Å². The molecule has 0 aliphatic heterocycles. The average Bonchev–Trinajstić information content (AvgIpc) is 2.38. The fourth-order valence-electron chi connectivity index (χ4n) is 1.50. The van der Waals surface area contributed by atoms with E-state index in [9.17, 15) is 8.42 Å². The lowest BCUT2D eigenvalue weighted by atomic mass is 10.2. The van der Waals surface area contributed by atoms with E-state index >= 15 is 0 Å². The largest absolute Gasteiger partial charge is 0.471 e. The highest BCUT2D eigenvalue weighted by atomic mass is 32.2. The molecule has 1 atom stereocenters. The van der Waals surface area contributed by atoms with Gasteiger partial charge in [-0.25, -0.2) is 13.1 Å². The van der Waals surface area contributed by atoms with Crippen molar-refractivity contribution in [3.63, 3.8) is 0 Å². The molecule has 0 heterocycles. The van der Waals surface area contributed by atoms with Crippen molar-refractivity contribution < 1.29 is 13.2 Å². The summed E-state index contributed by atoms with van der Waals surface area (Å²) in [6.07, 6.45) is 1.97. The van der Waals surface area contributed by atoms with E-state index in [0.29, 0.717) is 6.42 Å². The topological polar surface area (TPSA) is 55.4 Å². The standard InChI is InChI=1S/C15H19NO3S/c1-5-7-14(6-2)19-13(4)16-20(17,18)15-10-8-12(3)9-11-15/h7-11,14,16H,1,4,6H2,2-3H3. The van der Waals surface area contributed by atoms with E-state index in [4.69, 9.17) is 4.74 Å². The summed E-state index contributed by atoms with van der Waals surface area (Å²) in [5.74, 6) is -0.0241. The fraction of sp³-hybridized carbons (Fsp3) is 0.267. The molecule has 0 amide bonds. The number of benzene rings is 1. The van der Waals surface area contributed by atoms with Gasteiger partial charge >= 0.3 is 0 Å². The molecule has 1 aromatic carbocycles. The van der Waals surface area contributed by atoms with Crippen LogP contribution in [-0.2, 0) is 14.8 Å². The van der Waals surface area contributed by atoms with Crippen LogP contribution >= 0.6 is 0 Å². The van der Waals surface area contributed by atoms with E-state index < -0.39 is 10.0 Å². The molecule has 0 aliphatic carbocycles. The molecule has 1 N–H and O–H groups in total. The maximum Gasteiger partial charge on any atom is 0.264 e. The molecular weight excluding hydrogens is 274 g/mol. The van der Waals surface area contributed by atoms with Crippen LogP contribution in [0, 0.1) is 6.92 Å². The molecule has 0 radical (unpaired) electrons. The molecule has 108 valence electrons. The van der Waals surface area contributed by atoms with E-state index in [1.54, 1.807) is 18.2 Å². The zero-order valence-corrected chi connectivity index (χ0v) is 12.5. The Hall–Kier alpha value is -1.97. The third-order valence-corrected chi connectivity index (χ3v) is 3.97. The smallest absolute Gasteiger partial charge is 0.264 e. The van der Waals surface area contributed by atoms with Gasteiger partial charge in [-0.1, -0.05) is 31.2 Å². The Morgan fingerprint density at radius 1 is 1.45 bits per heavy atom. The van der Waals surface area contributed by atoms with Crippen LogP contribution in [0.15, 0.2) is 60.0 Å². The summed E-state index contributed by atoms with van der Waals surface area (Å²) in [7, 11) is -3.67. The van der Waals surface area contributed by atoms with Crippen LogP contribution in [0.3, 0.4) is 0 Å². The third kappa shape index (κ3) is 4.61. The van der Waals surface area contributed by atoms with Crippen LogP contribution in [0.5, 0.6) is 0 Å². The van der Waals surface area contributed by atoms with Gasteiger partial charge in [0, 0.05) is 0 Å². The average molecular weight is 293 g/mol. The van der Waals surface area contributed by atoms with E-state index in [-0.39, 0.29) is 16.9 Å². The zero-order chi connectivity index (χ0) is 15.2. The summed E-state index contributed by atoms with van der Waals surface area (Å²) in [6, 6.07) is 6.53. The number of aryl methyl sites for hydroxylation is 1. The molecule has 0 saturated carbocycles. The Bertz CT molecular complexity index is 611. The lowest BCUT2D eigenvalue weighted by Gasteiger charge is -2.16. The first-order chi connectivity index (χ1) is 9.39. The van der Waals surface area contributed by atoms with Gasteiger partial charge in [-0.3, -0.25) is 0 Å². The molecule has 1 rings (SSSR count). The highest BCUT2D eigenvalue weighted by Gasteiger charge is 2.16. The molecule has 1 unspecified atom stereocenters. The summed E-state index contributed by atoms with van der Waals surface area (Å²) in [5, 5.41) is 0. The molecule has 0 spiro atoms. The van der Waals surface area contributed by atoms with Gasteiger partial charge in [0.1, 0.15) is 6.10 Å². The van der Waals surface area contributed by atoms with Crippen molar-refractivity contribution >= 4 is 10.0 Å². The summed E-state index contributed by atoms with van der Waals surface area (Å²) in [4.78, 5) is 0.167. The number of rotatable bonds is 7. The van der Waals surface area contributed by atoms with E-state index in [1.165, 1.54) is 12.1 Å². The van der Waals surface area contributed by atoms with Gasteiger partial charge in [-0.05, 0) is 38.1 Å². The van der Waals surface area contributed by atoms with Gasteiger partial charge in [-0.15, -0.1) is 5.73 Å². The van der Waals surface area contributed by atoms with Gasteiger partial charge < -0.3 is 4.74 Å². The maximum atomic E-state index is 12.1. The molecule has 0 aromatic heterocycles. The van der Waals surface area contributed by atoms with E-state index in [2.05, 4.69) is 23.6 Å². The van der Waals surface area contributed by atoms with Crippen molar-refractivity contribution in [3.05, 3.63) is 60.7 Å². The molecule has 0 fully saturated rings. The summed E-state index contributed by atoms with van der Waals surface area (Å²) < 4.78 is 31.9. The van der Waals surface area contributed by atoms with Crippen LogP contribution < -0.4 is 4.72 Å². The van der Waals surface area contributed by atoms with Crippen LogP contribution in [0.25, 0.3) is 0 Å². The first kappa shape index (κ1) is 16.1. The number of nitrogens with one attached hydrogen (secondary N) is 1. The predicted octanol–water partition coefficient (Wildman–Crippen LogP) is 2.88. The molecule has 1 aromatic rings. The third-order valence-electron chi connectivity index (χ3n) is 2.58. The second-order valence-corrected chi connectivity index (χ2v) is 5.96. The van der Waals surface area contributed by atoms with Gasteiger partial charge in [0.25, 0.3) is 10.0 Å². The molecule has 4 nitrogen and oxygen atoms in total. The Morgan fingerprint density at radius 3 is 2.55 bits per heavy atom. The van der Waals surface area contributed by atoms with Gasteiger partial charge in [0.2, 0.25) is 0 Å². The quantitative estimate of drug-likeness (QED) is 0.621. The number of sulfonamides is 1. The molecule has 0 aliphatic rings. The Morgan fingerprint density at radius 2 is 2.05 bits per heavy atom. The Balaban J connectivity index is 2.78. The van der Waals surface area contributed by atoms with Crippen LogP contribution in [0.2, 0.25) is 0 Å². The lowest BCUT2D eigenvalue weighted by molar-refractivity contribution is 0.144. The first-order valence-corrected chi connectivity index (χ1v) is 7.68. The van der Waals surface area contributed by atoms with Crippen LogP contribution in [0.1, 0.15) is 18.9 Å². The normalized spacial score (nSPS) is 12.1. The predicted molar refractivity (Wildman–Crippen MR) is 79.5 cm³/mol. The SMILES string of the molecule is C=C=CC(CC)OC(=C)NS(=O)(=O)c1ccc(C)cc1. The molecule has 5 heteroatoms. The second-order valence-electron chi connectivity index (χ2n) is 4.28. The Kier molecular flexibility index (Phi) is 5.62. The monoisotopic (exact) mass is 293 g/mol. The second kappa shape index (κ2) is 6.98. The van der Waals surface area contributed by atoms with Gasteiger partial charge in [0.15, 0.2) is 5.88 Å². The van der Waals surface area contributed by atoms with Gasteiger partial charge in [0.05, 0.1) is 4.90 Å². The fourth-order valence-corrected chi connectivity index (χ4v) is 2.46. The van der Waals surface area contributed by atoms with Crippen LogP contribution in [0.4, 0.5) is 0 Å². The highest BCUT2D eigenvalue weighted by Crippen LogP contribution is 2.12. The number of ether oxygens (including phenoxy) is 1. The molecule has 20 heavy (non-hydrogen) atoms. The van der Waals surface area contributed by atoms with Gasteiger partial charge in [-0.2, -0.15) is 0 Å².